The zero-order valence-electron chi connectivity index (χ0n) is 11.6. The number of carbonyl (C=O) groups excluding carboxylic acids is 1. The standard InChI is InChI=1S/C13H22N4O2/c1-3-8-15-12-10(13(18)19-2)11(14)17(16-12)9-6-4-5-7-9/h9H,3-8,14H2,1-2H3,(H,15,16). The third kappa shape index (κ3) is 2.67. The molecule has 1 saturated carbocycles. The molecule has 0 bridgehead atoms. The van der Waals surface area contributed by atoms with Crippen molar-refractivity contribution in [2.24, 2.45) is 0 Å². The topological polar surface area (TPSA) is 82.2 Å². The number of esters is 1. The number of nitrogens with two attached hydrogens (primary N) is 1. The Morgan fingerprint density at radius 2 is 2.21 bits per heavy atom. The number of nitrogens with one attached hydrogen (secondary N) is 1. The number of nitrogen functional groups attached to an aromatic ring is 1. The molecule has 1 heterocycles. The van der Waals surface area contributed by atoms with Crippen LogP contribution in [0.15, 0.2) is 0 Å². The lowest BCUT2D eigenvalue weighted by molar-refractivity contribution is 0.0603. The molecule has 0 amide bonds. The predicted molar refractivity (Wildman–Crippen MR) is 74.3 cm³/mol. The summed E-state index contributed by atoms with van der Waals surface area (Å²) < 4.78 is 6.59. The van der Waals surface area contributed by atoms with Crippen molar-refractivity contribution >= 4 is 17.6 Å². The monoisotopic (exact) mass is 266 g/mol. The first-order chi connectivity index (χ1) is 9.19. The van der Waals surface area contributed by atoms with Crippen molar-refractivity contribution in [3.8, 4) is 0 Å². The van der Waals surface area contributed by atoms with Crippen LogP contribution in [0.3, 0.4) is 0 Å². The quantitative estimate of drug-likeness (QED) is 0.798. The SMILES string of the molecule is CCCNc1nn(C2CCCC2)c(N)c1C(=O)OC. The average Bonchev–Trinajstić information content (AvgIpc) is 3.03. The van der Waals surface area contributed by atoms with Gasteiger partial charge in [0.1, 0.15) is 11.4 Å². The van der Waals surface area contributed by atoms with Gasteiger partial charge in [0.2, 0.25) is 0 Å². The predicted octanol–water partition coefficient (Wildman–Crippen LogP) is 2.19. The highest BCUT2D eigenvalue weighted by molar-refractivity contribution is 5.99. The first kappa shape index (κ1) is 13.7. The summed E-state index contributed by atoms with van der Waals surface area (Å²) in [5, 5.41) is 7.63. The maximum Gasteiger partial charge on any atom is 0.345 e. The van der Waals surface area contributed by atoms with Crippen molar-refractivity contribution in [3.05, 3.63) is 5.56 Å². The molecule has 0 radical (unpaired) electrons. The maximum atomic E-state index is 11.9. The van der Waals surface area contributed by atoms with E-state index in [0.717, 1.165) is 25.8 Å². The molecule has 0 saturated heterocycles. The van der Waals surface area contributed by atoms with Gasteiger partial charge in [0.25, 0.3) is 0 Å². The summed E-state index contributed by atoms with van der Waals surface area (Å²) in [5.74, 6) is 0.524. The minimum atomic E-state index is -0.430. The average molecular weight is 266 g/mol. The zero-order chi connectivity index (χ0) is 13.8. The number of hydrogen-bond donors (Lipinski definition) is 2. The molecule has 2 rings (SSSR count). The molecule has 1 fully saturated rings. The Kier molecular flexibility index (Phi) is 4.29. The fraction of sp³-hybridized carbons (Fsp3) is 0.692. The molecular formula is C13H22N4O2. The van der Waals surface area contributed by atoms with Gasteiger partial charge in [0, 0.05) is 6.54 Å². The van der Waals surface area contributed by atoms with Gasteiger partial charge in [-0.05, 0) is 19.3 Å². The molecule has 0 aromatic carbocycles. The first-order valence-corrected chi connectivity index (χ1v) is 6.89. The van der Waals surface area contributed by atoms with Gasteiger partial charge in [-0.1, -0.05) is 19.8 Å². The van der Waals surface area contributed by atoms with Gasteiger partial charge in [-0.3, -0.25) is 0 Å². The molecule has 3 N–H and O–H groups in total. The van der Waals surface area contributed by atoms with Gasteiger partial charge in [0.05, 0.1) is 13.2 Å². The molecule has 106 valence electrons. The van der Waals surface area contributed by atoms with Gasteiger partial charge in [0.15, 0.2) is 5.82 Å². The molecule has 0 atom stereocenters. The molecular weight excluding hydrogens is 244 g/mol. The Balaban J connectivity index is 2.34. The van der Waals surface area contributed by atoms with Gasteiger partial charge < -0.3 is 15.8 Å². The second-order valence-electron chi connectivity index (χ2n) is 4.91. The number of aromatic nitrogens is 2. The molecule has 1 aliphatic carbocycles. The largest absolute Gasteiger partial charge is 0.465 e. The van der Waals surface area contributed by atoms with Gasteiger partial charge in [-0.25, -0.2) is 9.48 Å². The molecule has 6 nitrogen and oxygen atoms in total. The van der Waals surface area contributed by atoms with Crippen LogP contribution in [0.4, 0.5) is 11.6 Å². The Hall–Kier alpha value is -1.72. The second kappa shape index (κ2) is 5.95. The third-order valence-electron chi connectivity index (χ3n) is 3.55. The Morgan fingerprint density at radius 3 is 2.79 bits per heavy atom. The van der Waals surface area contributed by atoms with Gasteiger partial charge in [-0.15, -0.1) is 0 Å². The van der Waals surface area contributed by atoms with E-state index in [-0.39, 0.29) is 0 Å². The van der Waals surface area contributed by atoms with Crippen molar-refractivity contribution in [2.75, 3.05) is 24.7 Å². The lowest BCUT2D eigenvalue weighted by Gasteiger charge is -2.11. The van der Waals surface area contributed by atoms with E-state index < -0.39 is 5.97 Å². The molecule has 0 unspecified atom stereocenters. The molecule has 1 aromatic rings. The highest BCUT2D eigenvalue weighted by atomic mass is 16.5. The minimum Gasteiger partial charge on any atom is -0.465 e. The van der Waals surface area contributed by atoms with Crippen LogP contribution in [-0.4, -0.2) is 29.4 Å². The van der Waals surface area contributed by atoms with E-state index >= 15 is 0 Å². The van der Waals surface area contributed by atoms with Crippen LogP contribution >= 0.6 is 0 Å². The first-order valence-electron chi connectivity index (χ1n) is 6.89. The number of anilines is 2. The number of methoxy groups -OCH3 is 1. The summed E-state index contributed by atoms with van der Waals surface area (Å²) in [6.45, 7) is 2.81. The third-order valence-corrected chi connectivity index (χ3v) is 3.55. The van der Waals surface area contributed by atoms with Crippen LogP contribution in [0.2, 0.25) is 0 Å². The van der Waals surface area contributed by atoms with E-state index in [9.17, 15) is 4.79 Å². The summed E-state index contributed by atoms with van der Waals surface area (Å²) >= 11 is 0. The van der Waals surface area contributed by atoms with E-state index in [0.29, 0.717) is 23.2 Å². The lowest BCUT2D eigenvalue weighted by Crippen LogP contribution is -2.12. The van der Waals surface area contributed by atoms with Crippen LogP contribution in [0, 0.1) is 0 Å². The number of rotatable bonds is 5. The number of carbonyl (C=O) groups is 1. The zero-order valence-corrected chi connectivity index (χ0v) is 11.6. The van der Waals surface area contributed by atoms with Crippen LogP contribution in [0.1, 0.15) is 55.4 Å². The van der Waals surface area contributed by atoms with Gasteiger partial charge >= 0.3 is 5.97 Å². The van der Waals surface area contributed by atoms with E-state index in [4.69, 9.17) is 10.5 Å². The summed E-state index contributed by atoms with van der Waals surface area (Å²) in [6, 6.07) is 0.306. The minimum absolute atomic E-state index is 0.306. The van der Waals surface area contributed by atoms with Crippen molar-refractivity contribution in [1.82, 2.24) is 9.78 Å². The molecule has 1 aliphatic rings. The summed E-state index contributed by atoms with van der Waals surface area (Å²) in [5.41, 5.74) is 6.46. The van der Waals surface area contributed by atoms with E-state index in [2.05, 4.69) is 17.3 Å². The van der Waals surface area contributed by atoms with Crippen molar-refractivity contribution in [3.63, 3.8) is 0 Å². The van der Waals surface area contributed by atoms with Crippen molar-refractivity contribution in [2.45, 2.75) is 45.1 Å². The van der Waals surface area contributed by atoms with E-state index in [1.165, 1.54) is 20.0 Å². The number of nitrogens with zero attached hydrogens (tertiary/aromatic N) is 2. The summed E-state index contributed by atoms with van der Waals surface area (Å²) in [7, 11) is 1.36. The van der Waals surface area contributed by atoms with E-state index in [1.54, 1.807) is 4.68 Å². The van der Waals surface area contributed by atoms with Crippen molar-refractivity contribution < 1.29 is 9.53 Å². The number of hydrogen-bond acceptors (Lipinski definition) is 5. The maximum absolute atomic E-state index is 11.9. The van der Waals surface area contributed by atoms with Crippen LogP contribution in [-0.2, 0) is 4.74 Å². The Labute approximate surface area is 113 Å². The lowest BCUT2D eigenvalue weighted by atomic mass is 10.2. The Morgan fingerprint density at radius 1 is 1.53 bits per heavy atom. The van der Waals surface area contributed by atoms with E-state index in [1.807, 2.05) is 0 Å². The molecule has 6 heteroatoms. The smallest absolute Gasteiger partial charge is 0.345 e. The van der Waals surface area contributed by atoms with Crippen molar-refractivity contribution in [1.29, 1.82) is 0 Å². The highest BCUT2D eigenvalue weighted by Gasteiger charge is 2.27. The highest BCUT2D eigenvalue weighted by Crippen LogP contribution is 2.34. The molecule has 1 aromatic heterocycles. The van der Waals surface area contributed by atoms with Crippen LogP contribution < -0.4 is 11.1 Å². The van der Waals surface area contributed by atoms with Gasteiger partial charge in [-0.2, -0.15) is 5.10 Å². The molecule has 0 spiro atoms. The Bertz CT molecular complexity index is 450. The summed E-state index contributed by atoms with van der Waals surface area (Å²) in [6.07, 6.45) is 5.47. The molecule has 19 heavy (non-hydrogen) atoms. The normalized spacial score (nSPS) is 15.7. The fourth-order valence-corrected chi connectivity index (χ4v) is 2.55. The second-order valence-corrected chi connectivity index (χ2v) is 4.91. The molecule has 0 aliphatic heterocycles. The van der Waals surface area contributed by atoms with Crippen LogP contribution in [0.5, 0.6) is 0 Å². The number of ether oxygens (including phenoxy) is 1. The fourth-order valence-electron chi connectivity index (χ4n) is 2.55. The van der Waals surface area contributed by atoms with Crippen LogP contribution in [0.25, 0.3) is 0 Å². The summed E-state index contributed by atoms with van der Waals surface area (Å²) in [4.78, 5) is 11.9.